The lowest BCUT2D eigenvalue weighted by molar-refractivity contribution is -0.137. The molecule has 6 nitrogen and oxygen atoms in total. The molecule has 0 spiro atoms. The number of alkyl halides is 3. The number of ether oxygens (including phenoxy) is 1. The third-order valence-electron chi connectivity index (χ3n) is 5.09. The minimum atomic E-state index is -4.51. The Bertz CT molecular complexity index is 1420. The van der Waals surface area contributed by atoms with E-state index in [4.69, 9.17) is 16.3 Å². The maximum atomic E-state index is 12.8. The van der Waals surface area contributed by atoms with E-state index in [2.05, 4.69) is 15.6 Å². The van der Waals surface area contributed by atoms with Gasteiger partial charge < -0.3 is 10.1 Å². The maximum absolute atomic E-state index is 12.8. The number of aryl methyl sites for hydroxylation is 1. The molecule has 0 saturated heterocycles. The summed E-state index contributed by atoms with van der Waals surface area (Å²) in [4.78, 5) is 30.2. The Morgan fingerprint density at radius 2 is 1.70 bits per heavy atom. The van der Waals surface area contributed by atoms with Crippen molar-refractivity contribution in [3.05, 3.63) is 93.8 Å². The summed E-state index contributed by atoms with van der Waals surface area (Å²) in [7, 11) is 0. The molecule has 1 heterocycles. The van der Waals surface area contributed by atoms with Gasteiger partial charge in [0.05, 0.1) is 11.3 Å². The van der Waals surface area contributed by atoms with Gasteiger partial charge in [0.1, 0.15) is 5.75 Å². The van der Waals surface area contributed by atoms with E-state index in [1.807, 2.05) is 19.1 Å². The smallest absolute Gasteiger partial charge is 0.416 e. The zero-order chi connectivity index (χ0) is 26.6. The molecule has 0 saturated carbocycles. The van der Waals surface area contributed by atoms with Crippen LogP contribution in [0, 0.1) is 6.92 Å². The zero-order valence-electron chi connectivity index (χ0n) is 19.2. The number of aromatic nitrogens is 1. The van der Waals surface area contributed by atoms with Crippen molar-refractivity contribution in [2.24, 2.45) is 0 Å². The van der Waals surface area contributed by atoms with Crippen molar-refractivity contribution in [2.75, 3.05) is 17.2 Å². The molecule has 3 aromatic carbocycles. The highest BCUT2D eigenvalue weighted by molar-refractivity contribution is 7.16. The summed E-state index contributed by atoms with van der Waals surface area (Å²) in [5, 5.41) is 6.20. The van der Waals surface area contributed by atoms with E-state index in [-0.39, 0.29) is 11.6 Å². The SMILES string of the molecule is Cc1sc(NC(=O)c2ccc(OCC(=O)Nc3cccc(C(F)(F)F)c3)cc2)nc1-c1ccc(Cl)cc1. The van der Waals surface area contributed by atoms with Crippen LogP contribution < -0.4 is 15.4 Å². The van der Waals surface area contributed by atoms with Gasteiger partial charge in [0.2, 0.25) is 0 Å². The molecule has 0 aliphatic rings. The Labute approximate surface area is 219 Å². The Morgan fingerprint density at radius 3 is 2.38 bits per heavy atom. The maximum Gasteiger partial charge on any atom is 0.416 e. The van der Waals surface area contributed by atoms with Crippen molar-refractivity contribution in [1.29, 1.82) is 0 Å². The molecule has 4 aromatic rings. The number of hydrogen-bond donors (Lipinski definition) is 2. The number of nitrogens with zero attached hydrogens (tertiary/aromatic N) is 1. The van der Waals surface area contributed by atoms with Gasteiger partial charge in [-0.3, -0.25) is 14.9 Å². The second-order valence-electron chi connectivity index (χ2n) is 7.82. The van der Waals surface area contributed by atoms with E-state index in [1.54, 1.807) is 12.1 Å². The van der Waals surface area contributed by atoms with E-state index in [1.165, 1.54) is 47.7 Å². The predicted molar refractivity (Wildman–Crippen MR) is 137 cm³/mol. The molecular weight excluding hydrogens is 527 g/mol. The lowest BCUT2D eigenvalue weighted by atomic mass is 10.1. The zero-order valence-corrected chi connectivity index (χ0v) is 20.8. The van der Waals surface area contributed by atoms with E-state index < -0.39 is 24.3 Å². The van der Waals surface area contributed by atoms with Crippen LogP contribution >= 0.6 is 22.9 Å². The summed E-state index contributed by atoms with van der Waals surface area (Å²) in [6, 6.07) is 17.6. The molecule has 0 bridgehead atoms. The largest absolute Gasteiger partial charge is 0.484 e. The molecule has 2 N–H and O–H groups in total. The summed E-state index contributed by atoms with van der Waals surface area (Å²) < 4.78 is 43.8. The topological polar surface area (TPSA) is 80.3 Å². The fraction of sp³-hybridized carbons (Fsp3) is 0.115. The number of amides is 2. The number of carbonyl (C=O) groups is 2. The minimum absolute atomic E-state index is 0.00656. The van der Waals surface area contributed by atoms with Gasteiger partial charge in [-0.05, 0) is 61.5 Å². The Kier molecular flexibility index (Phi) is 7.80. The number of benzene rings is 3. The van der Waals surface area contributed by atoms with Gasteiger partial charge in [-0.25, -0.2) is 4.98 Å². The Balaban J connectivity index is 1.32. The second-order valence-corrected chi connectivity index (χ2v) is 9.46. The Morgan fingerprint density at radius 1 is 1.00 bits per heavy atom. The van der Waals surface area contributed by atoms with Crippen molar-refractivity contribution in [3.63, 3.8) is 0 Å². The van der Waals surface area contributed by atoms with Crippen LogP contribution in [0.4, 0.5) is 24.0 Å². The third-order valence-corrected chi connectivity index (χ3v) is 6.23. The van der Waals surface area contributed by atoms with Crippen LogP contribution in [0.3, 0.4) is 0 Å². The summed E-state index contributed by atoms with van der Waals surface area (Å²) >= 11 is 7.29. The predicted octanol–water partition coefficient (Wildman–Crippen LogP) is 7.06. The molecule has 0 unspecified atom stereocenters. The molecule has 0 fully saturated rings. The van der Waals surface area contributed by atoms with Crippen molar-refractivity contribution >= 4 is 45.6 Å². The average molecular weight is 546 g/mol. The lowest BCUT2D eigenvalue weighted by Gasteiger charge is -2.11. The normalized spacial score (nSPS) is 11.2. The van der Waals surface area contributed by atoms with Crippen LogP contribution in [-0.2, 0) is 11.0 Å². The first-order valence-corrected chi connectivity index (χ1v) is 12.0. The molecule has 4 rings (SSSR count). The molecule has 1 aromatic heterocycles. The van der Waals surface area contributed by atoms with Crippen LogP contribution in [0.1, 0.15) is 20.8 Å². The summed E-state index contributed by atoms with van der Waals surface area (Å²) in [5.41, 5.74) is 1.13. The monoisotopic (exact) mass is 545 g/mol. The highest BCUT2D eigenvalue weighted by atomic mass is 35.5. The minimum Gasteiger partial charge on any atom is -0.484 e. The molecule has 0 aliphatic carbocycles. The van der Waals surface area contributed by atoms with Crippen molar-refractivity contribution < 1.29 is 27.5 Å². The number of thiazole rings is 1. The molecular formula is C26H19ClF3N3O3S. The number of hydrogen-bond acceptors (Lipinski definition) is 5. The van der Waals surface area contributed by atoms with E-state index in [0.29, 0.717) is 21.5 Å². The quantitative estimate of drug-likeness (QED) is 0.260. The highest BCUT2D eigenvalue weighted by Crippen LogP contribution is 2.32. The van der Waals surface area contributed by atoms with Gasteiger partial charge in [0.15, 0.2) is 11.7 Å². The molecule has 2 amide bonds. The van der Waals surface area contributed by atoms with Crippen LogP contribution in [0.25, 0.3) is 11.3 Å². The van der Waals surface area contributed by atoms with Crippen molar-refractivity contribution in [2.45, 2.75) is 13.1 Å². The fourth-order valence-corrected chi connectivity index (χ4v) is 4.27. The van der Waals surface area contributed by atoms with Crippen LogP contribution in [0.15, 0.2) is 72.8 Å². The lowest BCUT2D eigenvalue weighted by Crippen LogP contribution is -2.20. The van der Waals surface area contributed by atoms with E-state index in [0.717, 1.165) is 28.3 Å². The molecule has 11 heteroatoms. The average Bonchev–Trinajstić information content (AvgIpc) is 3.23. The first-order valence-electron chi connectivity index (χ1n) is 10.8. The fourth-order valence-electron chi connectivity index (χ4n) is 3.32. The molecule has 0 aliphatic heterocycles. The number of rotatable bonds is 7. The highest BCUT2D eigenvalue weighted by Gasteiger charge is 2.30. The Hall–Kier alpha value is -3.89. The number of halogens is 4. The first kappa shape index (κ1) is 26.2. The molecule has 0 radical (unpaired) electrons. The van der Waals surface area contributed by atoms with Gasteiger partial charge in [-0.1, -0.05) is 29.8 Å². The van der Waals surface area contributed by atoms with Crippen LogP contribution in [-0.4, -0.2) is 23.4 Å². The van der Waals surface area contributed by atoms with Gasteiger partial charge >= 0.3 is 6.18 Å². The van der Waals surface area contributed by atoms with E-state index in [9.17, 15) is 22.8 Å². The standard InChI is InChI=1S/C26H19ClF3N3O3S/c1-15-23(16-5-9-19(27)10-6-16)32-25(37-15)33-24(35)17-7-11-21(12-8-17)36-14-22(34)31-20-4-2-3-18(13-20)26(28,29)30/h2-13H,14H2,1H3,(H,31,34)(H,32,33,35). The van der Waals surface area contributed by atoms with E-state index >= 15 is 0 Å². The van der Waals surface area contributed by atoms with Crippen molar-refractivity contribution in [1.82, 2.24) is 4.98 Å². The summed E-state index contributed by atoms with van der Waals surface area (Å²) in [6.07, 6.45) is -4.51. The number of nitrogens with one attached hydrogen (secondary N) is 2. The van der Waals surface area contributed by atoms with Gasteiger partial charge in [-0.2, -0.15) is 13.2 Å². The summed E-state index contributed by atoms with van der Waals surface area (Å²) in [6.45, 7) is 1.49. The van der Waals surface area contributed by atoms with Gasteiger partial charge in [0, 0.05) is 26.7 Å². The number of anilines is 2. The third kappa shape index (κ3) is 6.87. The second kappa shape index (κ2) is 11.0. The molecule has 190 valence electrons. The van der Waals surface area contributed by atoms with Gasteiger partial charge in [0.25, 0.3) is 11.8 Å². The number of carbonyl (C=O) groups excluding carboxylic acids is 2. The van der Waals surface area contributed by atoms with Gasteiger partial charge in [-0.15, -0.1) is 11.3 Å². The first-order chi connectivity index (χ1) is 17.6. The molecule has 37 heavy (non-hydrogen) atoms. The van der Waals surface area contributed by atoms with Crippen molar-refractivity contribution in [3.8, 4) is 17.0 Å². The summed E-state index contributed by atoms with van der Waals surface area (Å²) in [5.74, 6) is -0.687. The van der Waals surface area contributed by atoms with Crippen LogP contribution in [0.2, 0.25) is 5.02 Å². The van der Waals surface area contributed by atoms with Crippen LogP contribution in [0.5, 0.6) is 5.75 Å². The molecule has 0 atom stereocenters.